The summed E-state index contributed by atoms with van der Waals surface area (Å²) in [4.78, 5) is 11.1. The smallest absolute Gasteiger partial charge is 0.340 e. The summed E-state index contributed by atoms with van der Waals surface area (Å²) in [5.74, 6) is 0.758. The van der Waals surface area contributed by atoms with Crippen molar-refractivity contribution in [3.63, 3.8) is 0 Å². The summed E-state index contributed by atoms with van der Waals surface area (Å²) in [5.41, 5.74) is 6.71. The molecule has 0 aliphatic rings. The number of rotatable bonds is 2. The number of amides is 1. The zero-order valence-electron chi connectivity index (χ0n) is 9.16. The van der Waals surface area contributed by atoms with Crippen molar-refractivity contribution in [2.75, 3.05) is 7.11 Å². The van der Waals surface area contributed by atoms with Crippen LogP contribution in [-0.4, -0.2) is 22.9 Å². The average Bonchev–Trinajstić information content (AvgIpc) is 2.78. The summed E-state index contributed by atoms with van der Waals surface area (Å²) in [6.45, 7) is 0. The lowest BCUT2D eigenvalue weighted by atomic mass is 10.1. The molecule has 0 fully saturated rings. The van der Waals surface area contributed by atoms with Gasteiger partial charge >= 0.3 is 6.03 Å². The van der Waals surface area contributed by atoms with Gasteiger partial charge in [0, 0.05) is 5.56 Å². The zero-order valence-corrected chi connectivity index (χ0v) is 9.98. The van der Waals surface area contributed by atoms with Crippen LogP contribution in [-0.2, 0) is 0 Å². The van der Waals surface area contributed by atoms with Gasteiger partial charge in [0.1, 0.15) is 5.75 Å². The highest BCUT2D eigenvalue weighted by Crippen LogP contribution is 2.21. The van der Waals surface area contributed by atoms with E-state index in [1.807, 2.05) is 24.3 Å². The molecule has 0 bridgehead atoms. The lowest BCUT2D eigenvalue weighted by Gasteiger charge is -2.04. The van der Waals surface area contributed by atoms with Crippen LogP contribution in [0.3, 0.4) is 0 Å². The van der Waals surface area contributed by atoms with Crippen molar-refractivity contribution in [3.05, 3.63) is 36.5 Å². The van der Waals surface area contributed by atoms with Gasteiger partial charge in [-0.15, -0.1) is 12.4 Å². The van der Waals surface area contributed by atoms with Gasteiger partial charge in [-0.25, -0.2) is 4.79 Å². The van der Waals surface area contributed by atoms with Crippen LogP contribution >= 0.6 is 12.4 Å². The molecule has 0 saturated heterocycles. The Balaban J connectivity index is 0.00000144. The summed E-state index contributed by atoms with van der Waals surface area (Å²) >= 11 is 0. The van der Waals surface area contributed by atoms with Crippen molar-refractivity contribution in [2.24, 2.45) is 5.73 Å². The lowest BCUT2D eigenvalue weighted by Crippen LogP contribution is -2.21. The van der Waals surface area contributed by atoms with Crippen LogP contribution in [0.2, 0.25) is 0 Å². The fourth-order valence-electron chi connectivity index (χ4n) is 1.46. The molecular weight excluding hydrogens is 242 g/mol. The van der Waals surface area contributed by atoms with Crippen molar-refractivity contribution in [2.45, 2.75) is 0 Å². The molecule has 0 aliphatic heterocycles. The Hall–Kier alpha value is -2.01. The second-order valence-electron chi connectivity index (χ2n) is 3.19. The monoisotopic (exact) mass is 253 g/mol. The number of halogens is 1. The van der Waals surface area contributed by atoms with Crippen LogP contribution in [0.4, 0.5) is 4.79 Å². The summed E-state index contributed by atoms with van der Waals surface area (Å²) in [7, 11) is 1.60. The quantitative estimate of drug-likeness (QED) is 0.889. The third-order valence-electron chi connectivity index (χ3n) is 2.24. The molecule has 1 amide bonds. The number of benzene rings is 1. The number of nitrogens with two attached hydrogens (primary N) is 1. The summed E-state index contributed by atoms with van der Waals surface area (Å²) in [6, 6.07) is 8.44. The molecule has 0 saturated carbocycles. The van der Waals surface area contributed by atoms with Gasteiger partial charge in [0.15, 0.2) is 0 Å². The third kappa shape index (κ3) is 2.57. The van der Waals surface area contributed by atoms with Crippen LogP contribution in [0, 0.1) is 0 Å². The molecule has 0 radical (unpaired) electrons. The molecule has 17 heavy (non-hydrogen) atoms. The minimum absolute atomic E-state index is 0. The van der Waals surface area contributed by atoms with E-state index >= 15 is 0 Å². The SMILES string of the molecule is COc1ccc(-c2ccnn2C(N)=O)cc1.Cl. The number of methoxy groups -OCH3 is 1. The Bertz CT molecular complexity index is 508. The molecular formula is C11H12ClN3O2. The number of carbonyl (C=O) groups excluding carboxylic acids is 1. The molecule has 1 heterocycles. The molecule has 2 rings (SSSR count). The summed E-state index contributed by atoms with van der Waals surface area (Å²) in [5, 5.41) is 3.85. The van der Waals surface area contributed by atoms with Gasteiger partial charge in [0.25, 0.3) is 0 Å². The molecule has 2 aromatic rings. The Morgan fingerprint density at radius 3 is 2.47 bits per heavy atom. The molecule has 2 N–H and O–H groups in total. The summed E-state index contributed by atoms with van der Waals surface area (Å²) in [6.07, 6.45) is 1.53. The summed E-state index contributed by atoms with van der Waals surface area (Å²) < 4.78 is 6.20. The van der Waals surface area contributed by atoms with Crippen LogP contribution in [0.5, 0.6) is 5.75 Å². The second kappa shape index (κ2) is 5.36. The van der Waals surface area contributed by atoms with Gasteiger partial charge in [-0.1, -0.05) is 0 Å². The van der Waals surface area contributed by atoms with E-state index in [1.54, 1.807) is 13.2 Å². The lowest BCUT2D eigenvalue weighted by molar-refractivity contribution is 0.248. The fourth-order valence-corrected chi connectivity index (χ4v) is 1.46. The van der Waals surface area contributed by atoms with Gasteiger partial charge in [-0.3, -0.25) is 0 Å². The predicted molar refractivity (Wildman–Crippen MR) is 66.4 cm³/mol. The minimum atomic E-state index is -0.601. The first-order valence-corrected chi connectivity index (χ1v) is 4.70. The van der Waals surface area contributed by atoms with E-state index in [0.717, 1.165) is 16.0 Å². The molecule has 0 spiro atoms. The van der Waals surface area contributed by atoms with E-state index < -0.39 is 6.03 Å². The third-order valence-corrected chi connectivity index (χ3v) is 2.24. The number of ether oxygens (including phenoxy) is 1. The van der Waals surface area contributed by atoms with E-state index in [9.17, 15) is 4.79 Å². The number of hydrogen-bond acceptors (Lipinski definition) is 3. The highest BCUT2D eigenvalue weighted by atomic mass is 35.5. The largest absolute Gasteiger partial charge is 0.497 e. The molecule has 90 valence electrons. The van der Waals surface area contributed by atoms with Crippen molar-refractivity contribution in [1.29, 1.82) is 0 Å². The van der Waals surface area contributed by atoms with Crippen molar-refractivity contribution in [1.82, 2.24) is 9.78 Å². The Morgan fingerprint density at radius 2 is 1.94 bits per heavy atom. The highest BCUT2D eigenvalue weighted by molar-refractivity contribution is 5.85. The molecule has 6 heteroatoms. The topological polar surface area (TPSA) is 70.1 Å². The molecule has 0 unspecified atom stereocenters. The first kappa shape index (κ1) is 13.1. The number of primary amides is 1. The molecule has 0 aliphatic carbocycles. The average molecular weight is 254 g/mol. The molecule has 0 atom stereocenters. The number of hydrogen-bond donors (Lipinski definition) is 1. The minimum Gasteiger partial charge on any atom is -0.497 e. The van der Waals surface area contributed by atoms with Gasteiger partial charge < -0.3 is 10.5 Å². The molecule has 1 aromatic carbocycles. The predicted octanol–water partition coefficient (Wildman–Crippen LogP) is 1.91. The Kier molecular flexibility index (Phi) is 4.12. The number of nitrogens with zero attached hydrogens (tertiary/aromatic N) is 2. The maximum atomic E-state index is 11.1. The van der Waals surface area contributed by atoms with Gasteiger partial charge in [-0.05, 0) is 30.3 Å². The van der Waals surface area contributed by atoms with Crippen LogP contribution in [0.15, 0.2) is 36.5 Å². The van der Waals surface area contributed by atoms with Crippen LogP contribution < -0.4 is 10.5 Å². The van der Waals surface area contributed by atoms with Gasteiger partial charge in [0.05, 0.1) is 19.0 Å². The first-order valence-electron chi connectivity index (χ1n) is 4.70. The standard InChI is InChI=1S/C11H11N3O2.ClH/c1-16-9-4-2-8(3-5-9)10-6-7-13-14(10)11(12)15;/h2-7H,1H3,(H2,12,15);1H. The van der Waals surface area contributed by atoms with Crippen LogP contribution in [0.1, 0.15) is 0 Å². The van der Waals surface area contributed by atoms with Gasteiger partial charge in [0.2, 0.25) is 0 Å². The second-order valence-corrected chi connectivity index (χ2v) is 3.19. The van der Waals surface area contributed by atoms with Crippen molar-refractivity contribution < 1.29 is 9.53 Å². The first-order chi connectivity index (χ1) is 7.72. The molecule has 1 aromatic heterocycles. The number of carbonyl (C=O) groups is 1. The fraction of sp³-hybridized carbons (Fsp3) is 0.0909. The van der Waals surface area contributed by atoms with Crippen LogP contribution in [0.25, 0.3) is 11.3 Å². The van der Waals surface area contributed by atoms with E-state index in [1.165, 1.54) is 6.20 Å². The van der Waals surface area contributed by atoms with E-state index in [-0.39, 0.29) is 12.4 Å². The zero-order chi connectivity index (χ0) is 11.5. The maximum Gasteiger partial charge on any atom is 0.340 e. The molecule has 5 nitrogen and oxygen atoms in total. The number of aromatic nitrogens is 2. The van der Waals surface area contributed by atoms with E-state index in [2.05, 4.69) is 5.10 Å². The Morgan fingerprint density at radius 1 is 1.29 bits per heavy atom. The van der Waals surface area contributed by atoms with E-state index in [0.29, 0.717) is 5.69 Å². The normalized spacial score (nSPS) is 9.47. The van der Waals surface area contributed by atoms with Crippen molar-refractivity contribution in [3.8, 4) is 17.0 Å². The highest BCUT2D eigenvalue weighted by Gasteiger charge is 2.08. The van der Waals surface area contributed by atoms with Crippen molar-refractivity contribution >= 4 is 18.4 Å². The van der Waals surface area contributed by atoms with E-state index in [4.69, 9.17) is 10.5 Å². The van der Waals surface area contributed by atoms with Gasteiger partial charge in [-0.2, -0.15) is 9.78 Å². The Labute approximate surface area is 105 Å². The maximum absolute atomic E-state index is 11.1.